The Morgan fingerprint density at radius 1 is 1.17 bits per heavy atom. The lowest BCUT2D eigenvalue weighted by Gasteiger charge is -2.08. The smallest absolute Gasteiger partial charge is 0.152 e. The molecule has 0 aliphatic rings. The first-order valence-electron chi connectivity index (χ1n) is 6.09. The maximum absolute atomic E-state index is 11.7. The minimum Gasteiger partial charge on any atom is -0.384 e. The molecule has 1 aromatic rings. The summed E-state index contributed by atoms with van der Waals surface area (Å²) < 4.78 is 23.4. The fourth-order valence-electron chi connectivity index (χ4n) is 1.44. The first-order valence-corrected chi connectivity index (χ1v) is 8.29. The summed E-state index contributed by atoms with van der Waals surface area (Å²) >= 11 is 5.77. The Morgan fingerprint density at radius 3 is 2.33 bits per heavy atom. The zero-order valence-electron chi connectivity index (χ0n) is 10.8. The molecule has 0 bridgehead atoms. The van der Waals surface area contributed by atoms with Gasteiger partial charge in [0.05, 0.1) is 11.5 Å². The highest BCUT2D eigenvalue weighted by Gasteiger charge is 2.11. The topological polar surface area (TPSA) is 46.2 Å². The Balaban J connectivity index is 2.34. The van der Waals surface area contributed by atoms with Crippen LogP contribution in [0.25, 0.3) is 0 Å². The van der Waals surface area contributed by atoms with E-state index < -0.39 is 9.84 Å². The first kappa shape index (κ1) is 15.3. The van der Waals surface area contributed by atoms with Crippen LogP contribution in [0.15, 0.2) is 24.3 Å². The minimum absolute atomic E-state index is 0.169. The van der Waals surface area contributed by atoms with Gasteiger partial charge in [0.2, 0.25) is 0 Å². The molecule has 5 heteroatoms. The molecule has 18 heavy (non-hydrogen) atoms. The Morgan fingerprint density at radius 2 is 1.78 bits per heavy atom. The van der Waals surface area contributed by atoms with Crippen molar-refractivity contribution in [2.24, 2.45) is 5.92 Å². The molecule has 0 aliphatic carbocycles. The molecule has 0 spiro atoms. The van der Waals surface area contributed by atoms with E-state index in [2.05, 4.69) is 5.32 Å². The summed E-state index contributed by atoms with van der Waals surface area (Å²) in [4.78, 5) is 0. The average molecular weight is 290 g/mol. The Hall–Kier alpha value is -0.740. The normalized spacial score (nSPS) is 11.8. The van der Waals surface area contributed by atoms with Gasteiger partial charge in [0.15, 0.2) is 9.84 Å². The van der Waals surface area contributed by atoms with Gasteiger partial charge in [-0.3, -0.25) is 0 Å². The Kier molecular flexibility index (Phi) is 5.96. The van der Waals surface area contributed by atoms with Crippen molar-refractivity contribution in [1.82, 2.24) is 0 Å². The van der Waals surface area contributed by atoms with Gasteiger partial charge in [-0.1, -0.05) is 25.4 Å². The van der Waals surface area contributed by atoms with E-state index in [0.717, 1.165) is 12.1 Å². The fourth-order valence-corrected chi connectivity index (χ4v) is 3.01. The second kappa shape index (κ2) is 7.00. The maximum Gasteiger partial charge on any atom is 0.152 e. The van der Waals surface area contributed by atoms with Gasteiger partial charge in [0.1, 0.15) is 0 Å². The number of hydrogen-bond acceptors (Lipinski definition) is 3. The number of rotatable bonds is 7. The van der Waals surface area contributed by atoms with E-state index in [1.54, 1.807) is 12.1 Å². The summed E-state index contributed by atoms with van der Waals surface area (Å²) in [6.45, 7) is 4.49. The summed E-state index contributed by atoms with van der Waals surface area (Å²) in [5.41, 5.74) is 0.887. The quantitative estimate of drug-likeness (QED) is 0.838. The molecule has 0 aliphatic heterocycles. The molecule has 0 saturated carbocycles. The molecule has 1 aromatic carbocycles. The van der Waals surface area contributed by atoms with Crippen molar-refractivity contribution in [3.8, 4) is 0 Å². The predicted molar refractivity (Wildman–Crippen MR) is 78.1 cm³/mol. The van der Waals surface area contributed by atoms with Crippen molar-refractivity contribution in [3.05, 3.63) is 29.3 Å². The largest absolute Gasteiger partial charge is 0.384 e. The van der Waals surface area contributed by atoms with Crippen molar-refractivity contribution in [3.63, 3.8) is 0 Å². The molecule has 1 N–H and O–H groups in total. The van der Waals surface area contributed by atoms with Crippen LogP contribution >= 0.6 is 11.6 Å². The highest BCUT2D eigenvalue weighted by atomic mass is 35.5. The van der Waals surface area contributed by atoms with Crippen molar-refractivity contribution < 1.29 is 8.42 Å². The first-order chi connectivity index (χ1) is 8.39. The van der Waals surface area contributed by atoms with Gasteiger partial charge >= 0.3 is 0 Å². The molecule has 102 valence electrons. The lowest BCUT2D eigenvalue weighted by atomic mass is 10.2. The third-order valence-electron chi connectivity index (χ3n) is 2.59. The van der Waals surface area contributed by atoms with E-state index in [0.29, 0.717) is 17.5 Å². The summed E-state index contributed by atoms with van der Waals surface area (Å²) in [7, 11) is -2.94. The summed E-state index contributed by atoms with van der Waals surface area (Å²) in [6, 6.07) is 7.22. The number of nitrogens with one attached hydrogen (secondary N) is 1. The zero-order chi connectivity index (χ0) is 13.6. The molecule has 0 radical (unpaired) electrons. The zero-order valence-corrected chi connectivity index (χ0v) is 12.4. The van der Waals surface area contributed by atoms with Crippen molar-refractivity contribution in [2.45, 2.75) is 20.3 Å². The van der Waals surface area contributed by atoms with Crippen LogP contribution in [0.4, 0.5) is 5.69 Å². The molecule has 0 aromatic heterocycles. The molecule has 1 rings (SSSR count). The number of benzene rings is 1. The summed E-state index contributed by atoms with van der Waals surface area (Å²) in [5.74, 6) is 0.860. The monoisotopic (exact) mass is 289 g/mol. The molecular weight excluding hydrogens is 270 g/mol. The average Bonchev–Trinajstić information content (AvgIpc) is 2.29. The molecule has 3 nitrogen and oxygen atoms in total. The van der Waals surface area contributed by atoms with E-state index in [4.69, 9.17) is 11.6 Å². The second-order valence-electron chi connectivity index (χ2n) is 4.77. The molecule has 0 saturated heterocycles. The molecule has 0 amide bonds. The van der Waals surface area contributed by atoms with Crippen LogP contribution in [0.1, 0.15) is 20.3 Å². The second-order valence-corrected chi connectivity index (χ2v) is 7.51. The minimum atomic E-state index is -2.94. The number of sulfone groups is 1. The molecule has 0 heterocycles. The van der Waals surface area contributed by atoms with Crippen molar-refractivity contribution in [1.29, 1.82) is 0 Å². The van der Waals surface area contributed by atoms with Gasteiger partial charge in [-0.05, 0) is 36.6 Å². The van der Waals surface area contributed by atoms with Crippen molar-refractivity contribution >= 4 is 27.1 Å². The third kappa shape index (κ3) is 6.26. The number of anilines is 1. The lowest BCUT2D eigenvalue weighted by molar-refractivity contribution is 0.574. The summed E-state index contributed by atoms with van der Waals surface area (Å²) in [5, 5.41) is 3.75. The van der Waals surface area contributed by atoms with Crippen LogP contribution in [-0.4, -0.2) is 26.5 Å². The fraction of sp³-hybridized carbons (Fsp3) is 0.538. The van der Waals surface area contributed by atoms with Gasteiger partial charge in [0.25, 0.3) is 0 Å². The van der Waals surface area contributed by atoms with Crippen LogP contribution in [0, 0.1) is 5.92 Å². The van der Waals surface area contributed by atoms with E-state index in [9.17, 15) is 8.42 Å². The van der Waals surface area contributed by atoms with Crippen LogP contribution in [0.2, 0.25) is 5.02 Å². The van der Waals surface area contributed by atoms with Gasteiger partial charge < -0.3 is 5.32 Å². The third-order valence-corrected chi connectivity index (χ3v) is 4.53. The highest BCUT2D eigenvalue weighted by molar-refractivity contribution is 7.91. The molecular formula is C13H20ClNO2S. The Bertz CT molecular complexity index is 454. The standard InChI is InChI=1S/C13H20ClNO2S/c1-11(2)7-9-18(16,17)10-8-15-13-5-3-12(14)4-6-13/h3-6,11,15H,7-10H2,1-2H3. The van der Waals surface area contributed by atoms with E-state index >= 15 is 0 Å². The maximum atomic E-state index is 11.7. The van der Waals surface area contributed by atoms with Crippen LogP contribution in [0.3, 0.4) is 0 Å². The summed E-state index contributed by atoms with van der Waals surface area (Å²) in [6.07, 6.45) is 0.725. The van der Waals surface area contributed by atoms with Crippen LogP contribution in [0.5, 0.6) is 0 Å². The van der Waals surface area contributed by atoms with Crippen LogP contribution < -0.4 is 5.32 Å². The molecule has 0 fully saturated rings. The van der Waals surface area contributed by atoms with E-state index in [1.165, 1.54) is 0 Å². The van der Waals surface area contributed by atoms with E-state index in [-0.39, 0.29) is 11.5 Å². The van der Waals surface area contributed by atoms with E-state index in [1.807, 2.05) is 26.0 Å². The van der Waals surface area contributed by atoms with Gasteiger partial charge in [-0.15, -0.1) is 0 Å². The van der Waals surface area contributed by atoms with Crippen molar-refractivity contribution in [2.75, 3.05) is 23.4 Å². The van der Waals surface area contributed by atoms with Crippen LogP contribution in [-0.2, 0) is 9.84 Å². The number of halogens is 1. The SMILES string of the molecule is CC(C)CCS(=O)(=O)CCNc1ccc(Cl)cc1. The Labute approximate surface area is 114 Å². The molecule has 0 unspecified atom stereocenters. The van der Waals surface area contributed by atoms with Gasteiger partial charge in [-0.2, -0.15) is 0 Å². The lowest BCUT2D eigenvalue weighted by Crippen LogP contribution is -2.19. The molecule has 0 atom stereocenters. The predicted octanol–water partition coefficient (Wildman–Crippen LogP) is 3.21. The van der Waals surface area contributed by atoms with Gasteiger partial charge in [0, 0.05) is 17.3 Å². The van der Waals surface area contributed by atoms with Gasteiger partial charge in [-0.25, -0.2) is 8.42 Å². The highest BCUT2D eigenvalue weighted by Crippen LogP contribution is 2.13. The number of hydrogen-bond donors (Lipinski definition) is 1.